The van der Waals surface area contributed by atoms with Crippen LogP contribution in [0, 0.1) is 0 Å². The monoisotopic (exact) mass is 651 g/mol. The summed E-state index contributed by atoms with van der Waals surface area (Å²) in [6.07, 6.45) is -16.9. The number of carbonyl (C=O) groups is 1. The van der Waals surface area contributed by atoms with Gasteiger partial charge in [0.05, 0.1) is 5.34 Å². The quantitative estimate of drug-likeness (QED) is 0.202. The number of hydrogen-bond acceptors (Lipinski definition) is 3. The fourth-order valence-electron chi connectivity index (χ4n) is 4.55. The first-order valence-corrected chi connectivity index (χ1v) is 8.89. The van der Waals surface area contributed by atoms with Gasteiger partial charge in [0.2, 0.25) is 5.78 Å². The van der Waals surface area contributed by atoms with Crippen molar-refractivity contribution in [2.45, 2.75) is 76.2 Å². The minimum atomic E-state index is -8.77. The zero-order valence-corrected chi connectivity index (χ0v) is 17.0. The molecule has 0 aliphatic heterocycles. The highest BCUT2D eigenvalue weighted by atomic mass is 19.4. The lowest BCUT2D eigenvalue weighted by molar-refractivity contribution is -0.585. The third kappa shape index (κ3) is 2.28. The highest BCUT2D eigenvalue weighted by Crippen LogP contribution is 2.85. The van der Waals surface area contributed by atoms with Gasteiger partial charge in [-0.1, -0.05) is 8.96 Å². The van der Waals surface area contributed by atoms with Gasteiger partial charge in [0.1, 0.15) is 0 Å². The second-order valence-electron chi connectivity index (χ2n) is 8.40. The predicted molar refractivity (Wildman–Crippen MR) is 68.9 cm³/mol. The van der Waals surface area contributed by atoms with Crippen LogP contribution in [0.15, 0.2) is 0 Å². The maximum atomic E-state index is 15.3. The van der Waals surface area contributed by atoms with Crippen LogP contribution >= 0.6 is 0 Å². The standard InChI is InChI=1S/C14F23NO2/c15-2-1(39)3(16)8(23,24)4(17,6(2,19)20)9(25,26)5(18,7(2,21)22)12(3,30)40-14(34,35)11(29,38(36)37)10(27,28)13(31,32)33. The van der Waals surface area contributed by atoms with E-state index in [1.165, 1.54) is 4.74 Å². The zero-order valence-electron chi connectivity index (χ0n) is 17.0. The van der Waals surface area contributed by atoms with E-state index in [1.807, 2.05) is 0 Å². The minimum absolute atomic E-state index is 1.39. The first-order chi connectivity index (χ1) is 17.1. The number of nitrogens with zero attached hydrogens (tertiary/aromatic N) is 1. The number of ketones is 1. The molecule has 6 unspecified atom stereocenters. The molecule has 0 saturated heterocycles. The van der Waals surface area contributed by atoms with E-state index in [4.69, 9.17) is 0 Å². The summed E-state index contributed by atoms with van der Waals surface area (Å²) in [6, 6.07) is 0. The van der Waals surface area contributed by atoms with Gasteiger partial charge < -0.3 is 0 Å². The Morgan fingerprint density at radius 1 is 0.550 bits per heavy atom. The molecule has 4 aliphatic carbocycles. The molecule has 0 radical (unpaired) electrons. The van der Waals surface area contributed by atoms with Crippen LogP contribution in [0.5, 0.6) is 0 Å². The van der Waals surface area contributed by atoms with E-state index in [1.54, 1.807) is 0 Å². The average molecular weight is 651 g/mol. The molecule has 0 aromatic heterocycles. The van der Waals surface area contributed by atoms with Gasteiger partial charge in [-0.15, -0.1) is 0 Å². The molecular weight excluding hydrogens is 651 g/mol. The van der Waals surface area contributed by atoms with Crippen molar-refractivity contribution in [2.24, 2.45) is 0 Å². The first kappa shape index (κ1) is 32.5. The van der Waals surface area contributed by atoms with Crippen molar-refractivity contribution in [2.75, 3.05) is 0 Å². The predicted octanol–water partition coefficient (Wildman–Crippen LogP) is 6.18. The molecular formula is C14F23NO2. The van der Waals surface area contributed by atoms with Gasteiger partial charge in [-0.3, -0.25) is 9.53 Å². The van der Waals surface area contributed by atoms with E-state index < -0.39 is 87.3 Å². The molecule has 26 heteroatoms. The van der Waals surface area contributed by atoms with E-state index in [9.17, 15) is 92.8 Å². The van der Waals surface area contributed by atoms with Gasteiger partial charge in [-0.25, -0.2) is 26.3 Å². The Morgan fingerprint density at radius 2 is 0.900 bits per heavy atom. The topological polar surface area (TPSA) is 29.5 Å². The molecule has 4 bridgehead atoms. The van der Waals surface area contributed by atoms with E-state index in [0.717, 1.165) is 0 Å². The summed E-state index contributed by atoms with van der Waals surface area (Å²) in [7, 11) is 0. The van der Waals surface area contributed by atoms with Crippen molar-refractivity contribution < 1.29 is 111 Å². The van der Waals surface area contributed by atoms with E-state index in [2.05, 4.69) is 0 Å². The Hall–Kier alpha value is -2.02. The highest BCUT2D eigenvalue weighted by molar-refractivity contribution is 6.04. The third-order valence-corrected chi connectivity index (χ3v) is 6.63. The molecule has 4 fully saturated rings. The first-order valence-electron chi connectivity index (χ1n) is 8.89. The summed E-state index contributed by atoms with van der Waals surface area (Å²) >= 11 is 0. The highest BCUT2D eigenvalue weighted by Gasteiger charge is 3.20. The number of rotatable bonds is 5. The zero-order chi connectivity index (χ0) is 32.4. The summed E-state index contributed by atoms with van der Waals surface area (Å²) in [4.78, 5) is 11.7. The largest absolute Gasteiger partial charge is 0.458 e. The van der Waals surface area contributed by atoms with Gasteiger partial charge in [0.15, 0.2) is 0 Å². The molecule has 40 heavy (non-hydrogen) atoms. The summed E-state index contributed by atoms with van der Waals surface area (Å²) in [5.74, 6) is -64.8. The van der Waals surface area contributed by atoms with Crippen LogP contribution in [0.3, 0.4) is 0 Å². The van der Waals surface area contributed by atoms with E-state index >= 15 is 13.2 Å². The lowest BCUT2D eigenvalue weighted by Gasteiger charge is -2.71. The Labute approximate surface area is 199 Å². The van der Waals surface area contributed by atoms with Crippen molar-refractivity contribution in [3.05, 3.63) is 0 Å². The number of Topliss-reactive ketones (excluding diaryl/α,β-unsaturated/α-hetero) is 1. The van der Waals surface area contributed by atoms with Crippen LogP contribution in [-0.4, -0.2) is 87.3 Å². The Kier molecular flexibility index (Phi) is 5.65. The number of halogens is 23. The molecule has 234 valence electrons. The molecule has 6 atom stereocenters. The molecule has 0 N–H and O–H groups in total. The number of alkyl halides is 21. The Morgan fingerprint density at radius 3 is 1.25 bits per heavy atom. The molecule has 4 saturated carbocycles. The molecule has 3 nitrogen and oxygen atoms in total. The number of hydrogen-bond donors (Lipinski definition) is 0. The minimum Gasteiger partial charge on any atom is -0.291 e. The van der Waals surface area contributed by atoms with Gasteiger partial charge in [0, 0.05) is 0 Å². The van der Waals surface area contributed by atoms with Crippen molar-refractivity contribution in [1.29, 1.82) is 0 Å². The smallest absolute Gasteiger partial charge is 0.291 e. The lowest BCUT2D eigenvalue weighted by Crippen LogP contribution is -3.07. The molecule has 0 amide bonds. The van der Waals surface area contributed by atoms with Gasteiger partial charge in [-0.2, -0.15) is 65.9 Å². The SMILES string of the molecule is O=C1C2(F)C(F)(F)C3(F)C(F)(F)C1(F)C(F)(OC(F)(F)C(F)(N(F)F)C(F)(F)C(F)(F)F)C(F)(C2(F)F)C3(F)F. The van der Waals surface area contributed by atoms with E-state index in [0.29, 0.717) is 0 Å². The summed E-state index contributed by atoms with van der Waals surface area (Å²) in [5, 5.41) is -4.74. The van der Waals surface area contributed by atoms with Crippen LogP contribution in [0.1, 0.15) is 0 Å². The maximum absolute atomic E-state index is 15.3. The van der Waals surface area contributed by atoms with Gasteiger partial charge >= 0.3 is 76.2 Å². The summed E-state index contributed by atoms with van der Waals surface area (Å²) in [6.45, 7) is 0. The van der Waals surface area contributed by atoms with Crippen molar-refractivity contribution in [3.63, 3.8) is 0 Å². The van der Waals surface area contributed by atoms with Crippen LogP contribution < -0.4 is 0 Å². The Balaban J connectivity index is 2.53. The van der Waals surface area contributed by atoms with Crippen LogP contribution in [-0.2, 0) is 9.53 Å². The fraction of sp³-hybridized carbons (Fsp3) is 0.929. The van der Waals surface area contributed by atoms with E-state index in [-0.39, 0.29) is 0 Å². The summed E-state index contributed by atoms with van der Waals surface area (Å²) in [5.41, 5.74) is -32.9. The molecule has 4 rings (SSSR count). The van der Waals surface area contributed by atoms with Gasteiger partial charge in [-0.05, 0) is 0 Å². The van der Waals surface area contributed by atoms with Crippen molar-refractivity contribution >= 4 is 5.78 Å². The average Bonchev–Trinajstić information content (AvgIpc) is 2.75. The van der Waals surface area contributed by atoms with Crippen LogP contribution in [0.25, 0.3) is 0 Å². The second kappa shape index (κ2) is 6.95. The third-order valence-electron chi connectivity index (χ3n) is 6.63. The molecule has 0 spiro atoms. The number of ether oxygens (including phenoxy) is 1. The Bertz CT molecular complexity index is 1150. The number of carbonyl (C=O) groups excluding carboxylic acids is 1. The van der Waals surface area contributed by atoms with Crippen LogP contribution in [0.4, 0.5) is 101 Å². The molecule has 0 heterocycles. The van der Waals surface area contributed by atoms with Gasteiger partial charge in [0.25, 0.3) is 0 Å². The summed E-state index contributed by atoms with van der Waals surface area (Å²) < 4.78 is 322. The fourth-order valence-corrected chi connectivity index (χ4v) is 4.55. The van der Waals surface area contributed by atoms with Crippen molar-refractivity contribution in [1.82, 2.24) is 5.34 Å². The normalized spacial score (nSPS) is 43.2. The van der Waals surface area contributed by atoms with Crippen molar-refractivity contribution in [3.8, 4) is 0 Å². The molecule has 0 aromatic carbocycles. The lowest BCUT2D eigenvalue weighted by atomic mass is 9.41. The maximum Gasteiger partial charge on any atom is 0.458 e. The molecule has 0 aromatic rings. The molecule has 4 aliphatic rings. The van der Waals surface area contributed by atoms with Crippen LogP contribution in [0.2, 0.25) is 0 Å². The second-order valence-corrected chi connectivity index (χ2v) is 8.40.